The van der Waals surface area contributed by atoms with Crippen molar-refractivity contribution in [1.29, 1.82) is 0 Å². The number of rotatable bonds is 6. The molecule has 0 aliphatic rings. The van der Waals surface area contributed by atoms with Gasteiger partial charge in [0.2, 0.25) is 0 Å². The first-order valence-corrected chi connectivity index (χ1v) is 11.2. The minimum atomic E-state index is -0.242. The van der Waals surface area contributed by atoms with E-state index in [2.05, 4.69) is 15.7 Å². The molecular formula is C25H24N4O2S. The summed E-state index contributed by atoms with van der Waals surface area (Å²) in [6.45, 7) is 6.12. The van der Waals surface area contributed by atoms with Gasteiger partial charge < -0.3 is 10.6 Å². The number of nitrogens with zero attached hydrogens (tertiary/aromatic N) is 2. The fourth-order valence-corrected chi connectivity index (χ4v) is 4.07. The first-order chi connectivity index (χ1) is 15.4. The maximum absolute atomic E-state index is 13.1. The first kappa shape index (κ1) is 21.5. The number of carbonyl (C=O) groups is 2. The number of hydrogen-bond acceptors (Lipinski definition) is 4. The van der Waals surface area contributed by atoms with E-state index in [4.69, 9.17) is 0 Å². The molecule has 2 heterocycles. The Bertz CT molecular complexity index is 1240. The molecule has 0 bridgehead atoms. The molecule has 0 radical (unpaired) electrons. The van der Waals surface area contributed by atoms with Gasteiger partial charge in [0.1, 0.15) is 0 Å². The fraction of sp³-hybridized carbons (Fsp3) is 0.160. The van der Waals surface area contributed by atoms with E-state index in [1.165, 1.54) is 11.3 Å². The molecule has 2 aromatic heterocycles. The van der Waals surface area contributed by atoms with Gasteiger partial charge in [0.05, 0.1) is 28.0 Å². The van der Waals surface area contributed by atoms with E-state index in [9.17, 15) is 9.59 Å². The molecule has 0 atom stereocenters. The number of amides is 2. The number of carbonyl (C=O) groups excluding carboxylic acids is 2. The molecule has 0 saturated heterocycles. The second-order valence-corrected chi connectivity index (χ2v) is 8.76. The third-order valence-electron chi connectivity index (χ3n) is 5.00. The molecule has 4 rings (SSSR count). The Balaban J connectivity index is 1.55. The van der Waals surface area contributed by atoms with Crippen LogP contribution in [0.4, 0.5) is 11.4 Å². The molecule has 0 unspecified atom stereocenters. The molecular weight excluding hydrogens is 420 g/mol. The normalized spacial score (nSPS) is 10.9. The van der Waals surface area contributed by atoms with Crippen LogP contribution in [0.3, 0.4) is 0 Å². The smallest absolute Gasteiger partial charge is 0.265 e. The van der Waals surface area contributed by atoms with Crippen molar-refractivity contribution < 1.29 is 9.59 Å². The van der Waals surface area contributed by atoms with Crippen molar-refractivity contribution in [1.82, 2.24) is 9.78 Å². The zero-order valence-corrected chi connectivity index (χ0v) is 18.9. The lowest BCUT2D eigenvalue weighted by Crippen LogP contribution is -2.16. The molecule has 0 saturated carbocycles. The van der Waals surface area contributed by atoms with Gasteiger partial charge in [-0.05, 0) is 54.6 Å². The highest BCUT2D eigenvalue weighted by atomic mass is 32.1. The van der Waals surface area contributed by atoms with Crippen LogP contribution in [-0.2, 0) is 0 Å². The van der Waals surface area contributed by atoms with E-state index < -0.39 is 0 Å². The third-order valence-corrected chi connectivity index (χ3v) is 5.87. The number of nitrogens with one attached hydrogen (secondary N) is 2. The monoisotopic (exact) mass is 444 g/mol. The SMILES string of the molecule is Cc1ccc(-n2ncc(C(=O)Nc3cccc(NC(=O)c4cccs4)c3)c2C(C)C)cc1. The highest BCUT2D eigenvalue weighted by Crippen LogP contribution is 2.25. The topological polar surface area (TPSA) is 76.0 Å². The van der Waals surface area contributed by atoms with Crippen molar-refractivity contribution in [2.24, 2.45) is 0 Å². The third kappa shape index (κ3) is 4.63. The van der Waals surface area contributed by atoms with E-state index in [-0.39, 0.29) is 17.7 Å². The van der Waals surface area contributed by atoms with Gasteiger partial charge >= 0.3 is 0 Å². The van der Waals surface area contributed by atoms with Gasteiger partial charge in [-0.15, -0.1) is 11.3 Å². The molecule has 0 spiro atoms. The van der Waals surface area contributed by atoms with E-state index >= 15 is 0 Å². The molecule has 162 valence electrons. The van der Waals surface area contributed by atoms with Crippen molar-refractivity contribution in [2.45, 2.75) is 26.7 Å². The maximum atomic E-state index is 13.1. The molecule has 0 aliphatic carbocycles. The zero-order valence-electron chi connectivity index (χ0n) is 18.1. The van der Waals surface area contributed by atoms with Crippen LogP contribution in [0.5, 0.6) is 0 Å². The average Bonchev–Trinajstić information content (AvgIpc) is 3.45. The second-order valence-electron chi connectivity index (χ2n) is 7.81. The summed E-state index contributed by atoms with van der Waals surface area (Å²) >= 11 is 1.38. The van der Waals surface area contributed by atoms with Crippen LogP contribution in [0.2, 0.25) is 0 Å². The standard InChI is InChI=1S/C25H24N4O2S/c1-16(2)23-21(15-26-29(23)20-11-9-17(3)10-12-20)24(30)27-18-6-4-7-19(14-18)28-25(31)22-8-5-13-32-22/h4-16H,1-3H3,(H,27,30)(H,28,31). The van der Waals surface area contributed by atoms with Crippen molar-refractivity contribution in [3.63, 3.8) is 0 Å². The quantitative estimate of drug-likeness (QED) is 0.390. The minimum absolute atomic E-state index is 0.0935. The van der Waals surface area contributed by atoms with Crippen molar-refractivity contribution in [3.8, 4) is 5.69 Å². The van der Waals surface area contributed by atoms with Crippen LogP contribution in [0.1, 0.15) is 51.1 Å². The summed E-state index contributed by atoms with van der Waals surface area (Å²) in [6.07, 6.45) is 1.60. The Morgan fingerprint density at radius 2 is 1.62 bits per heavy atom. The Morgan fingerprint density at radius 3 is 2.25 bits per heavy atom. The Kier molecular flexibility index (Phi) is 6.18. The average molecular weight is 445 g/mol. The minimum Gasteiger partial charge on any atom is -0.322 e. The van der Waals surface area contributed by atoms with Crippen molar-refractivity contribution in [2.75, 3.05) is 10.6 Å². The van der Waals surface area contributed by atoms with Gasteiger partial charge in [-0.25, -0.2) is 4.68 Å². The Morgan fingerprint density at radius 1 is 0.938 bits per heavy atom. The van der Waals surface area contributed by atoms with Crippen LogP contribution in [0.25, 0.3) is 5.69 Å². The van der Waals surface area contributed by atoms with E-state index in [0.717, 1.165) is 16.9 Å². The second kappa shape index (κ2) is 9.20. The largest absolute Gasteiger partial charge is 0.322 e. The predicted molar refractivity (Wildman–Crippen MR) is 129 cm³/mol. The lowest BCUT2D eigenvalue weighted by molar-refractivity contribution is 0.102. The first-order valence-electron chi connectivity index (χ1n) is 10.3. The number of aromatic nitrogens is 2. The lowest BCUT2D eigenvalue weighted by Gasteiger charge is -2.13. The number of benzene rings is 2. The van der Waals surface area contributed by atoms with Gasteiger partial charge in [0, 0.05) is 11.4 Å². The van der Waals surface area contributed by atoms with Crippen LogP contribution in [0, 0.1) is 6.92 Å². The van der Waals surface area contributed by atoms with Gasteiger partial charge in [-0.1, -0.05) is 43.7 Å². The summed E-state index contributed by atoms with van der Waals surface area (Å²) in [5.41, 5.74) is 4.65. The molecule has 6 nitrogen and oxygen atoms in total. The molecule has 2 N–H and O–H groups in total. The van der Waals surface area contributed by atoms with Crippen LogP contribution in [0.15, 0.2) is 72.2 Å². The maximum Gasteiger partial charge on any atom is 0.265 e. The molecule has 32 heavy (non-hydrogen) atoms. The van der Waals surface area contributed by atoms with E-state index in [0.29, 0.717) is 21.8 Å². The summed E-state index contributed by atoms with van der Waals surface area (Å²) in [5.74, 6) is -0.324. The van der Waals surface area contributed by atoms with Gasteiger partial charge in [0.25, 0.3) is 11.8 Å². The highest BCUT2D eigenvalue weighted by molar-refractivity contribution is 7.12. The van der Waals surface area contributed by atoms with Gasteiger partial charge in [0.15, 0.2) is 0 Å². The number of aryl methyl sites for hydroxylation is 1. The molecule has 2 amide bonds. The summed E-state index contributed by atoms with van der Waals surface area (Å²) in [7, 11) is 0. The van der Waals surface area contributed by atoms with Crippen LogP contribution >= 0.6 is 11.3 Å². The van der Waals surface area contributed by atoms with E-state index in [1.807, 2.05) is 61.2 Å². The number of hydrogen-bond donors (Lipinski definition) is 2. The number of thiophene rings is 1. The lowest BCUT2D eigenvalue weighted by atomic mass is 10.0. The Labute approximate surface area is 190 Å². The zero-order chi connectivity index (χ0) is 22.7. The summed E-state index contributed by atoms with van der Waals surface area (Å²) in [6, 6.07) is 18.7. The van der Waals surface area contributed by atoms with Gasteiger partial charge in [-0.2, -0.15) is 5.10 Å². The summed E-state index contributed by atoms with van der Waals surface area (Å²) < 4.78 is 1.82. The van der Waals surface area contributed by atoms with Crippen molar-refractivity contribution in [3.05, 3.63) is 93.9 Å². The Hall–Kier alpha value is -3.71. The van der Waals surface area contributed by atoms with Crippen LogP contribution < -0.4 is 10.6 Å². The van der Waals surface area contributed by atoms with Gasteiger partial charge in [-0.3, -0.25) is 9.59 Å². The fourth-order valence-electron chi connectivity index (χ4n) is 3.45. The molecule has 2 aromatic carbocycles. The van der Waals surface area contributed by atoms with Crippen molar-refractivity contribution >= 4 is 34.5 Å². The molecule has 4 aromatic rings. The number of anilines is 2. The summed E-state index contributed by atoms with van der Waals surface area (Å²) in [5, 5.41) is 12.1. The predicted octanol–water partition coefficient (Wildman–Crippen LogP) is 5.87. The molecule has 7 heteroatoms. The highest BCUT2D eigenvalue weighted by Gasteiger charge is 2.21. The molecule has 0 aliphatic heterocycles. The van der Waals surface area contributed by atoms with Crippen LogP contribution in [-0.4, -0.2) is 21.6 Å². The molecule has 0 fully saturated rings. The summed E-state index contributed by atoms with van der Waals surface area (Å²) in [4.78, 5) is 26.0. The van der Waals surface area contributed by atoms with E-state index in [1.54, 1.807) is 36.5 Å².